The molecule has 0 radical (unpaired) electrons. The van der Waals surface area contributed by atoms with Crippen molar-refractivity contribution in [1.29, 1.82) is 0 Å². The lowest BCUT2D eigenvalue weighted by atomic mass is 10.1. The number of nitrogens with two attached hydrogens (primary N) is 1. The molecule has 0 saturated carbocycles. The Morgan fingerprint density at radius 1 is 1.42 bits per heavy atom. The van der Waals surface area contributed by atoms with E-state index in [0.717, 1.165) is 24.6 Å². The van der Waals surface area contributed by atoms with Crippen LogP contribution in [0.2, 0.25) is 0 Å². The van der Waals surface area contributed by atoms with E-state index in [1.54, 1.807) is 24.6 Å². The van der Waals surface area contributed by atoms with Gasteiger partial charge in [0.1, 0.15) is 5.69 Å². The topological polar surface area (TPSA) is 53.1 Å². The molecule has 0 aliphatic rings. The van der Waals surface area contributed by atoms with Gasteiger partial charge in [-0.2, -0.15) is 5.10 Å². The molecule has 2 aromatic heterocycles. The molecular formula is C12H15Br2N3OS. The molecule has 2 heterocycles. The predicted octanol–water partition coefficient (Wildman–Crippen LogP) is 4.11. The first-order chi connectivity index (χ1) is 8.95. The molecule has 0 fully saturated rings. The van der Waals surface area contributed by atoms with Crippen LogP contribution in [-0.4, -0.2) is 16.9 Å². The van der Waals surface area contributed by atoms with Gasteiger partial charge in [-0.1, -0.05) is 0 Å². The maximum Gasteiger partial charge on any atom is 0.161 e. The highest BCUT2D eigenvalue weighted by molar-refractivity contribution is 9.13. The van der Waals surface area contributed by atoms with E-state index in [1.165, 1.54) is 0 Å². The molecule has 4 nitrogen and oxygen atoms in total. The Kier molecular flexibility index (Phi) is 4.70. The third-order valence-electron chi connectivity index (χ3n) is 2.77. The summed E-state index contributed by atoms with van der Waals surface area (Å²) in [5.74, 6) is 0.724. The second kappa shape index (κ2) is 5.95. The predicted molar refractivity (Wildman–Crippen MR) is 84.9 cm³/mol. The van der Waals surface area contributed by atoms with E-state index in [2.05, 4.69) is 50.8 Å². The zero-order valence-electron chi connectivity index (χ0n) is 10.9. The van der Waals surface area contributed by atoms with Gasteiger partial charge in [-0.25, -0.2) is 0 Å². The Morgan fingerprint density at radius 2 is 2.11 bits per heavy atom. The van der Waals surface area contributed by atoms with Crippen molar-refractivity contribution in [3.63, 3.8) is 0 Å². The molecule has 2 aromatic rings. The number of hydrogen-bond acceptors (Lipinski definition) is 4. The van der Waals surface area contributed by atoms with E-state index in [4.69, 9.17) is 10.5 Å². The van der Waals surface area contributed by atoms with Crippen molar-refractivity contribution < 1.29 is 4.74 Å². The Balaban J connectivity index is 2.47. The maximum absolute atomic E-state index is 6.39. The lowest BCUT2D eigenvalue weighted by molar-refractivity contribution is 0.401. The molecule has 0 saturated heterocycles. The molecule has 0 amide bonds. The number of halogens is 2. The van der Waals surface area contributed by atoms with Crippen molar-refractivity contribution >= 4 is 43.2 Å². The maximum atomic E-state index is 6.39. The molecule has 0 spiro atoms. The van der Waals surface area contributed by atoms with Gasteiger partial charge in [0.05, 0.1) is 23.1 Å². The minimum Gasteiger partial charge on any atom is -0.493 e. The average molecular weight is 409 g/mol. The zero-order valence-corrected chi connectivity index (χ0v) is 14.8. The summed E-state index contributed by atoms with van der Waals surface area (Å²) < 4.78 is 9.33. The first kappa shape index (κ1) is 15.0. The minimum absolute atomic E-state index is 0.233. The SMILES string of the molecule is COc1cnn(C(C)C)c1C(N)c1cc(Br)c(Br)s1. The van der Waals surface area contributed by atoms with Gasteiger partial charge >= 0.3 is 0 Å². The number of rotatable bonds is 4. The molecule has 1 atom stereocenters. The Bertz CT molecular complexity index is 560. The van der Waals surface area contributed by atoms with E-state index < -0.39 is 0 Å². The lowest BCUT2D eigenvalue weighted by Gasteiger charge is -2.17. The lowest BCUT2D eigenvalue weighted by Crippen LogP contribution is -2.18. The molecule has 104 valence electrons. The third-order valence-corrected chi connectivity index (χ3v) is 6.11. The van der Waals surface area contributed by atoms with Crippen molar-refractivity contribution in [3.05, 3.63) is 31.1 Å². The Morgan fingerprint density at radius 3 is 2.58 bits per heavy atom. The molecular weight excluding hydrogens is 394 g/mol. The highest BCUT2D eigenvalue weighted by Gasteiger charge is 2.23. The van der Waals surface area contributed by atoms with Gasteiger partial charge < -0.3 is 10.5 Å². The van der Waals surface area contributed by atoms with Crippen molar-refractivity contribution in [2.45, 2.75) is 25.9 Å². The smallest absolute Gasteiger partial charge is 0.161 e. The van der Waals surface area contributed by atoms with E-state index >= 15 is 0 Å². The zero-order chi connectivity index (χ0) is 14.2. The van der Waals surface area contributed by atoms with Gasteiger partial charge in [0.25, 0.3) is 0 Å². The number of methoxy groups -OCH3 is 1. The van der Waals surface area contributed by atoms with Crippen molar-refractivity contribution in [3.8, 4) is 5.75 Å². The molecule has 0 bridgehead atoms. The highest BCUT2D eigenvalue weighted by atomic mass is 79.9. The number of hydrogen-bond donors (Lipinski definition) is 1. The summed E-state index contributed by atoms with van der Waals surface area (Å²) in [6.07, 6.45) is 1.72. The number of aromatic nitrogens is 2. The van der Waals surface area contributed by atoms with Crippen LogP contribution in [0.3, 0.4) is 0 Å². The van der Waals surface area contributed by atoms with Gasteiger partial charge in [-0.05, 0) is 51.8 Å². The van der Waals surface area contributed by atoms with E-state index in [1.807, 2.05) is 10.7 Å². The fraction of sp³-hybridized carbons (Fsp3) is 0.417. The molecule has 0 aromatic carbocycles. The number of ether oxygens (including phenoxy) is 1. The quantitative estimate of drug-likeness (QED) is 0.828. The summed E-state index contributed by atoms with van der Waals surface area (Å²) in [7, 11) is 1.64. The van der Waals surface area contributed by atoms with Gasteiger partial charge in [0.15, 0.2) is 5.75 Å². The molecule has 0 aliphatic heterocycles. The second-order valence-electron chi connectivity index (χ2n) is 4.38. The normalized spacial score (nSPS) is 13.0. The molecule has 19 heavy (non-hydrogen) atoms. The second-order valence-corrected chi connectivity index (χ2v) is 7.64. The van der Waals surface area contributed by atoms with Crippen LogP contribution in [0.4, 0.5) is 0 Å². The number of nitrogens with zero attached hydrogens (tertiary/aromatic N) is 2. The summed E-state index contributed by atoms with van der Waals surface area (Å²) in [5, 5.41) is 4.36. The van der Waals surface area contributed by atoms with Crippen molar-refractivity contribution in [2.24, 2.45) is 5.73 Å². The number of thiophene rings is 1. The van der Waals surface area contributed by atoms with E-state index in [0.29, 0.717) is 0 Å². The molecule has 2 rings (SSSR count). The van der Waals surface area contributed by atoms with Gasteiger partial charge in [-0.3, -0.25) is 4.68 Å². The van der Waals surface area contributed by atoms with Gasteiger partial charge in [0.2, 0.25) is 0 Å². The Hall–Kier alpha value is -0.370. The first-order valence-corrected chi connectivity index (χ1v) is 8.17. The van der Waals surface area contributed by atoms with E-state index in [9.17, 15) is 0 Å². The van der Waals surface area contributed by atoms with Crippen LogP contribution >= 0.6 is 43.2 Å². The monoisotopic (exact) mass is 407 g/mol. The van der Waals surface area contributed by atoms with Crippen LogP contribution in [0.1, 0.15) is 36.5 Å². The largest absolute Gasteiger partial charge is 0.493 e. The summed E-state index contributed by atoms with van der Waals surface area (Å²) in [6, 6.07) is 2.00. The van der Waals surface area contributed by atoms with E-state index in [-0.39, 0.29) is 12.1 Å². The van der Waals surface area contributed by atoms with Crippen molar-refractivity contribution in [2.75, 3.05) is 7.11 Å². The van der Waals surface area contributed by atoms with Gasteiger partial charge in [-0.15, -0.1) is 11.3 Å². The highest BCUT2D eigenvalue weighted by Crippen LogP contribution is 2.39. The molecule has 1 unspecified atom stereocenters. The third kappa shape index (κ3) is 2.89. The van der Waals surface area contributed by atoms with Crippen LogP contribution in [0.25, 0.3) is 0 Å². The Labute approximate surface area is 133 Å². The minimum atomic E-state index is -0.257. The molecule has 2 N–H and O–H groups in total. The van der Waals surface area contributed by atoms with Crippen LogP contribution in [-0.2, 0) is 0 Å². The fourth-order valence-electron chi connectivity index (χ4n) is 1.87. The molecule has 7 heteroatoms. The van der Waals surface area contributed by atoms with Crippen molar-refractivity contribution in [1.82, 2.24) is 9.78 Å². The van der Waals surface area contributed by atoms with Crippen LogP contribution < -0.4 is 10.5 Å². The van der Waals surface area contributed by atoms with Gasteiger partial charge in [0, 0.05) is 15.4 Å². The average Bonchev–Trinajstić information content (AvgIpc) is 2.93. The summed E-state index contributed by atoms with van der Waals surface area (Å²) in [5.41, 5.74) is 7.29. The first-order valence-electron chi connectivity index (χ1n) is 5.77. The van der Waals surface area contributed by atoms with Crippen LogP contribution in [0.5, 0.6) is 5.75 Å². The molecule has 0 aliphatic carbocycles. The summed E-state index contributed by atoms with van der Waals surface area (Å²) in [4.78, 5) is 1.06. The summed E-state index contributed by atoms with van der Waals surface area (Å²) >= 11 is 8.59. The standard InChI is InChI=1S/C12H15Br2N3OS/c1-6(2)17-11(8(18-3)5-16-17)10(15)9-4-7(13)12(14)19-9/h4-6,10H,15H2,1-3H3. The van der Waals surface area contributed by atoms with Crippen LogP contribution in [0.15, 0.2) is 20.5 Å². The summed E-state index contributed by atoms with van der Waals surface area (Å²) in [6.45, 7) is 4.14. The van der Waals surface area contributed by atoms with Crippen LogP contribution in [0, 0.1) is 0 Å². The fourth-order valence-corrected chi connectivity index (χ4v) is 3.97.